The zero-order valence-electron chi connectivity index (χ0n) is 15.3. The van der Waals surface area contributed by atoms with Gasteiger partial charge in [0.2, 0.25) is 17.8 Å². The maximum Gasteiger partial charge on any atom is 0.254 e. The number of anilines is 2. The summed E-state index contributed by atoms with van der Waals surface area (Å²) >= 11 is 0. The van der Waals surface area contributed by atoms with E-state index in [2.05, 4.69) is 31.1 Å². The number of nitrogens with one attached hydrogen (secondary N) is 4. The van der Waals surface area contributed by atoms with E-state index in [1.165, 1.54) is 19.3 Å². The number of aromatic nitrogens is 3. The first-order chi connectivity index (χ1) is 13.6. The maximum absolute atomic E-state index is 12.4. The van der Waals surface area contributed by atoms with Crippen molar-refractivity contribution in [2.75, 3.05) is 10.6 Å². The van der Waals surface area contributed by atoms with Crippen LogP contribution in [0.3, 0.4) is 0 Å². The van der Waals surface area contributed by atoms with Crippen molar-refractivity contribution in [3.63, 3.8) is 0 Å². The van der Waals surface area contributed by atoms with Gasteiger partial charge in [-0.3, -0.25) is 24.8 Å². The van der Waals surface area contributed by atoms with Gasteiger partial charge in [-0.15, -0.1) is 5.10 Å². The molecule has 2 aromatic rings. The van der Waals surface area contributed by atoms with Crippen molar-refractivity contribution >= 4 is 29.4 Å². The lowest BCUT2D eigenvalue weighted by atomic mass is 9.89. The average molecular weight is 382 g/mol. The highest BCUT2D eigenvalue weighted by Gasteiger charge is 2.29. The van der Waals surface area contributed by atoms with E-state index in [0.717, 1.165) is 18.7 Å². The van der Waals surface area contributed by atoms with Crippen LogP contribution in [0.2, 0.25) is 0 Å². The molecule has 1 aromatic carbocycles. The number of hydrogen-bond acceptors (Lipinski definition) is 5. The topological polar surface area (TPSA) is 129 Å². The Bertz CT molecular complexity index is 903. The monoisotopic (exact) mass is 382 g/mol. The second-order valence-corrected chi connectivity index (χ2v) is 7.19. The first kappa shape index (κ1) is 18.1. The Labute approximate surface area is 161 Å². The molecule has 2 heterocycles. The number of carbonyl (C=O) groups excluding carboxylic acids is 3. The molecular weight excluding hydrogens is 360 g/mol. The first-order valence-corrected chi connectivity index (χ1v) is 9.53. The van der Waals surface area contributed by atoms with Gasteiger partial charge in [0.15, 0.2) is 0 Å². The molecule has 1 fully saturated rings. The predicted molar refractivity (Wildman–Crippen MR) is 102 cm³/mol. The molecule has 146 valence electrons. The fourth-order valence-electron chi connectivity index (χ4n) is 3.71. The normalized spacial score (nSPS) is 19.9. The zero-order chi connectivity index (χ0) is 19.5. The molecule has 0 radical (unpaired) electrons. The van der Waals surface area contributed by atoms with Crippen LogP contribution >= 0.6 is 0 Å². The fourth-order valence-corrected chi connectivity index (χ4v) is 3.71. The average Bonchev–Trinajstić information content (AvgIpc) is 3.12. The molecular formula is C19H22N6O3. The number of H-pyrrole nitrogens is 1. The van der Waals surface area contributed by atoms with Crippen LogP contribution in [0.1, 0.15) is 60.6 Å². The summed E-state index contributed by atoms with van der Waals surface area (Å²) in [6, 6.07) is 5.73. The van der Waals surface area contributed by atoms with Crippen molar-refractivity contribution in [2.45, 2.75) is 50.5 Å². The molecule has 3 amide bonds. The molecule has 0 bridgehead atoms. The van der Waals surface area contributed by atoms with Gasteiger partial charge in [-0.05, 0) is 25.0 Å². The van der Waals surface area contributed by atoms with Crippen molar-refractivity contribution in [1.29, 1.82) is 0 Å². The zero-order valence-corrected chi connectivity index (χ0v) is 15.3. The van der Waals surface area contributed by atoms with Crippen molar-refractivity contribution in [2.24, 2.45) is 0 Å². The van der Waals surface area contributed by atoms with Gasteiger partial charge >= 0.3 is 0 Å². The summed E-state index contributed by atoms with van der Waals surface area (Å²) in [6.07, 6.45) is 5.51. The largest absolute Gasteiger partial charge is 0.340 e. The predicted octanol–water partition coefficient (Wildman–Crippen LogP) is 1.93. The molecule has 2 aliphatic rings. The molecule has 1 aliphatic carbocycles. The van der Waals surface area contributed by atoms with Crippen LogP contribution < -0.4 is 16.0 Å². The lowest BCUT2D eigenvalue weighted by molar-refractivity contribution is -0.122. The minimum atomic E-state index is -0.975. The van der Waals surface area contributed by atoms with Crippen LogP contribution in [-0.2, 0) is 9.59 Å². The van der Waals surface area contributed by atoms with Crippen molar-refractivity contribution in [1.82, 2.24) is 20.5 Å². The summed E-state index contributed by atoms with van der Waals surface area (Å²) < 4.78 is 0. The van der Waals surface area contributed by atoms with E-state index in [1.807, 2.05) is 0 Å². The number of fused-ring (bicyclic) bond motifs is 1. The number of para-hydroxylation sites is 1. The Hall–Kier alpha value is -3.23. The van der Waals surface area contributed by atoms with Crippen molar-refractivity contribution < 1.29 is 14.4 Å². The lowest BCUT2D eigenvalue weighted by Crippen LogP contribution is -2.43. The summed E-state index contributed by atoms with van der Waals surface area (Å²) in [5.74, 6) is 0.0358. The van der Waals surface area contributed by atoms with Gasteiger partial charge in [0.05, 0.1) is 17.7 Å². The molecule has 0 unspecified atom stereocenters. The molecule has 9 nitrogen and oxygen atoms in total. The van der Waals surface area contributed by atoms with Gasteiger partial charge in [0.1, 0.15) is 11.9 Å². The van der Waals surface area contributed by atoms with Crippen LogP contribution in [0.25, 0.3) is 0 Å². The van der Waals surface area contributed by atoms with Gasteiger partial charge < -0.3 is 10.6 Å². The second kappa shape index (κ2) is 7.79. The summed E-state index contributed by atoms with van der Waals surface area (Å²) in [4.78, 5) is 41.4. The Balaban J connectivity index is 1.38. The van der Waals surface area contributed by atoms with E-state index >= 15 is 0 Å². The standard InChI is InChI=1S/C19H22N6O3/c26-15(22-19-23-16(24-25-19)11-6-2-1-3-7-11)10-14-18(28)20-13-9-5-4-8-12(13)17(27)21-14/h4-5,8-9,11,14H,1-3,6-7,10H2,(H,20,28)(H,21,27)(H2,22,23,24,25,26)/t14-/m0/s1. The number of amides is 3. The molecule has 0 saturated heterocycles. The van der Waals surface area contributed by atoms with Crippen LogP contribution in [-0.4, -0.2) is 38.9 Å². The summed E-state index contributed by atoms with van der Waals surface area (Å²) in [5, 5.41) is 14.8. The summed E-state index contributed by atoms with van der Waals surface area (Å²) in [7, 11) is 0. The minimum Gasteiger partial charge on any atom is -0.340 e. The van der Waals surface area contributed by atoms with Crippen LogP contribution in [0.15, 0.2) is 24.3 Å². The van der Waals surface area contributed by atoms with E-state index < -0.39 is 23.8 Å². The van der Waals surface area contributed by atoms with Gasteiger partial charge in [0, 0.05) is 5.92 Å². The van der Waals surface area contributed by atoms with Crippen LogP contribution in [0.4, 0.5) is 11.6 Å². The SMILES string of the molecule is O=C(C[C@@H]1NC(=O)c2ccccc2NC1=O)Nc1n[nH]c(C2CCCCC2)n1. The molecule has 1 aliphatic heterocycles. The van der Waals surface area contributed by atoms with E-state index in [9.17, 15) is 14.4 Å². The Morgan fingerprint density at radius 1 is 1.14 bits per heavy atom. The van der Waals surface area contributed by atoms with Crippen LogP contribution in [0, 0.1) is 0 Å². The first-order valence-electron chi connectivity index (χ1n) is 9.53. The van der Waals surface area contributed by atoms with Crippen molar-refractivity contribution in [3.05, 3.63) is 35.7 Å². The molecule has 1 atom stereocenters. The molecule has 0 spiro atoms. The fraction of sp³-hybridized carbons (Fsp3) is 0.421. The van der Waals surface area contributed by atoms with E-state index in [4.69, 9.17) is 0 Å². The number of nitrogens with zero attached hydrogens (tertiary/aromatic N) is 2. The summed E-state index contributed by atoms with van der Waals surface area (Å²) in [5.41, 5.74) is 0.795. The molecule has 9 heteroatoms. The van der Waals surface area contributed by atoms with E-state index in [0.29, 0.717) is 17.2 Å². The van der Waals surface area contributed by atoms with E-state index in [1.54, 1.807) is 24.3 Å². The smallest absolute Gasteiger partial charge is 0.254 e. The number of rotatable bonds is 4. The highest BCUT2D eigenvalue weighted by Crippen LogP contribution is 2.30. The highest BCUT2D eigenvalue weighted by molar-refractivity contribution is 6.11. The third-order valence-corrected chi connectivity index (χ3v) is 5.19. The second-order valence-electron chi connectivity index (χ2n) is 7.19. The summed E-state index contributed by atoms with van der Waals surface area (Å²) in [6.45, 7) is 0. The lowest BCUT2D eigenvalue weighted by Gasteiger charge is -2.18. The molecule has 1 aromatic heterocycles. The number of hydrogen-bond donors (Lipinski definition) is 4. The number of benzene rings is 1. The maximum atomic E-state index is 12.4. The Morgan fingerprint density at radius 3 is 2.75 bits per heavy atom. The van der Waals surface area contributed by atoms with Gasteiger partial charge in [-0.25, -0.2) is 0 Å². The third-order valence-electron chi connectivity index (χ3n) is 5.19. The number of carbonyl (C=O) groups is 3. The van der Waals surface area contributed by atoms with Gasteiger partial charge in [0.25, 0.3) is 5.91 Å². The van der Waals surface area contributed by atoms with Gasteiger partial charge in [-0.2, -0.15) is 4.98 Å². The molecule has 4 N–H and O–H groups in total. The Morgan fingerprint density at radius 2 is 1.93 bits per heavy atom. The van der Waals surface area contributed by atoms with E-state index in [-0.39, 0.29) is 12.4 Å². The van der Waals surface area contributed by atoms with Gasteiger partial charge in [-0.1, -0.05) is 31.4 Å². The quantitative estimate of drug-likeness (QED) is 0.642. The highest BCUT2D eigenvalue weighted by atomic mass is 16.2. The minimum absolute atomic E-state index is 0.189. The molecule has 1 saturated carbocycles. The molecule has 28 heavy (non-hydrogen) atoms. The van der Waals surface area contributed by atoms with Crippen LogP contribution in [0.5, 0.6) is 0 Å². The Kier molecular flexibility index (Phi) is 5.05. The molecule has 4 rings (SSSR count). The van der Waals surface area contributed by atoms with Crippen molar-refractivity contribution in [3.8, 4) is 0 Å². The number of aromatic amines is 1. The third kappa shape index (κ3) is 3.88.